The lowest BCUT2D eigenvalue weighted by atomic mass is 10.1. The van der Waals surface area contributed by atoms with Crippen LogP contribution in [-0.2, 0) is 4.74 Å². The lowest BCUT2D eigenvalue weighted by molar-refractivity contribution is 0.0690. The van der Waals surface area contributed by atoms with Crippen molar-refractivity contribution in [2.75, 3.05) is 13.2 Å². The summed E-state index contributed by atoms with van der Waals surface area (Å²) in [5.74, 6) is 1.08. The van der Waals surface area contributed by atoms with Crippen LogP contribution in [-0.4, -0.2) is 22.8 Å². The van der Waals surface area contributed by atoms with Gasteiger partial charge in [-0.25, -0.2) is 4.98 Å². The fourth-order valence-corrected chi connectivity index (χ4v) is 2.26. The van der Waals surface area contributed by atoms with Crippen LogP contribution in [0.1, 0.15) is 24.7 Å². The molecule has 1 aromatic rings. The summed E-state index contributed by atoms with van der Waals surface area (Å²) >= 11 is 3.39. The molecule has 0 aromatic carbocycles. The molecule has 0 amide bonds. The number of rotatable bonds is 1. The van der Waals surface area contributed by atoms with Crippen molar-refractivity contribution < 1.29 is 4.74 Å². The number of aromatic nitrogens is 2. The van der Waals surface area contributed by atoms with E-state index in [0.29, 0.717) is 6.04 Å². The monoisotopic (exact) mass is 244 g/mol. The molecule has 0 atom stereocenters. The molecule has 13 heavy (non-hydrogen) atoms. The fourth-order valence-electron chi connectivity index (χ4n) is 1.78. The van der Waals surface area contributed by atoms with Crippen LogP contribution in [0.3, 0.4) is 0 Å². The van der Waals surface area contributed by atoms with Crippen LogP contribution >= 0.6 is 15.9 Å². The molecule has 0 unspecified atom stereocenters. The van der Waals surface area contributed by atoms with E-state index in [1.807, 2.05) is 6.92 Å². The van der Waals surface area contributed by atoms with Gasteiger partial charge in [0.25, 0.3) is 0 Å². The molecule has 0 N–H and O–H groups in total. The lowest BCUT2D eigenvalue weighted by Gasteiger charge is -2.24. The van der Waals surface area contributed by atoms with E-state index in [2.05, 4.69) is 31.7 Å². The zero-order chi connectivity index (χ0) is 9.26. The van der Waals surface area contributed by atoms with Crippen molar-refractivity contribution in [2.24, 2.45) is 0 Å². The highest BCUT2D eigenvalue weighted by atomic mass is 79.9. The quantitative estimate of drug-likeness (QED) is 0.759. The van der Waals surface area contributed by atoms with Crippen LogP contribution in [0.15, 0.2) is 10.8 Å². The van der Waals surface area contributed by atoms with Gasteiger partial charge in [0.05, 0.1) is 0 Å². The van der Waals surface area contributed by atoms with Crippen molar-refractivity contribution in [1.29, 1.82) is 0 Å². The van der Waals surface area contributed by atoms with Gasteiger partial charge in [-0.05, 0) is 35.7 Å². The first-order valence-corrected chi connectivity index (χ1v) is 5.35. The average Bonchev–Trinajstić information content (AvgIpc) is 2.47. The molecule has 0 bridgehead atoms. The van der Waals surface area contributed by atoms with Gasteiger partial charge in [-0.1, -0.05) is 0 Å². The average molecular weight is 245 g/mol. The van der Waals surface area contributed by atoms with Gasteiger partial charge in [0.1, 0.15) is 10.4 Å². The topological polar surface area (TPSA) is 27.1 Å². The number of hydrogen-bond acceptors (Lipinski definition) is 2. The van der Waals surface area contributed by atoms with E-state index >= 15 is 0 Å². The van der Waals surface area contributed by atoms with Gasteiger partial charge in [-0.3, -0.25) is 0 Å². The molecule has 1 fully saturated rings. The molecule has 1 aromatic heterocycles. The number of hydrogen-bond donors (Lipinski definition) is 0. The maximum Gasteiger partial charge on any atom is 0.124 e. The molecule has 0 saturated carbocycles. The Morgan fingerprint density at radius 2 is 2.23 bits per heavy atom. The molecule has 72 valence electrons. The van der Waals surface area contributed by atoms with Gasteiger partial charge < -0.3 is 9.30 Å². The van der Waals surface area contributed by atoms with Gasteiger partial charge in [0.2, 0.25) is 0 Å². The number of halogens is 1. The molecule has 3 nitrogen and oxygen atoms in total. The molecule has 2 rings (SSSR count). The third kappa shape index (κ3) is 1.94. The summed E-state index contributed by atoms with van der Waals surface area (Å²) in [5, 5.41) is 0. The van der Waals surface area contributed by atoms with Crippen molar-refractivity contribution in [2.45, 2.75) is 25.8 Å². The van der Waals surface area contributed by atoms with E-state index in [4.69, 9.17) is 4.74 Å². The number of imidazole rings is 1. The summed E-state index contributed by atoms with van der Waals surface area (Å²) < 4.78 is 8.49. The third-order valence-corrected chi connectivity index (χ3v) is 2.85. The van der Waals surface area contributed by atoms with Crippen molar-refractivity contribution in [3.63, 3.8) is 0 Å². The minimum atomic E-state index is 0.576. The maximum absolute atomic E-state index is 5.32. The van der Waals surface area contributed by atoms with Gasteiger partial charge in [-0.15, -0.1) is 0 Å². The predicted molar refractivity (Wildman–Crippen MR) is 53.8 cm³/mol. The van der Waals surface area contributed by atoms with E-state index in [-0.39, 0.29) is 0 Å². The predicted octanol–water partition coefficient (Wildman–Crippen LogP) is 2.31. The van der Waals surface area contributed by atoms with Crippen molar-refractivity contribution in [3.05, 3.63) is 16.6 Å². The first-order valence-electron chi connectivity index (χ1n) is 4.56. The maximum atomic E-state index is 5.32. The smallest absolute Gasteiger partial charge is 0.124 e. The zero-order valence-electron chi connectivity index (χ0n) is 7.66. The van der Waals surface area contributed by atoms with Crippen LogP contribution < -0.4 is 0 Å². The second-order valence-corrected chi connectivity index (χ2v) is 4.17. The summed E-state index contributed by atoms with van der Waals surface area (Å²) in [4.78, 5) is 4.33. The normalized spacial score (nSPS) is 19.2. The van der Waals surface area contributed by atoms with Crippen molar-refractivity contribution >= 4 is 15.9 Å². The van der Waals surface area contributed by atoms with Crippen LogP contribution in [0.25, 0.3) is 0 Å². The Kier molecular flexibility index (Phi) is 2.69. The van der Waals surface area contributed by atoms with Crippen molar-refractivity contribution in [1.82, 2.24) is 9.55 Å². The van der Waals surface area contributed by atoms with E-state index in [0.717, 1.165) is 36.5 Å². The Morgan fingerprint density at radius 3 is 2.77 bits per heavy atom. The summed E-state index contributed by atoms with van der Waals surface area (Å²) in [7, 11) is 0. The highest BCUT2D eigenvalue weighted by Gasteiger charge is 2.17. The minimum absolute atomic E-state index is 0.576. The molecule has 1 aliphatic heterocycles. The summed E-state index contributed by atoms with van der Waals surface area (Å²) in [6, 6.07) is 0.576. The van der Waals surface area contributed by atoms with Gasteiger partial charge in [-0.2, -0.15) is 0 Å². The number of ether oxygens (including phenoxy) is 1. The standard InChI is InChI=1S/C9H13BrN2O/c1-7-11-9(10)6-12(7)8-2-4-13-5-3-8/h6,8H,2-5H2,1H3. The van der Waals surface area contributed by atoms with E-state index in [1.54, 1.807) is 0 Å². The molecule has 0 radical (unpaired) electrons. The second kappa shape index (κ2) is 3.80. The van der Waals surface area contributed by atoms with E-state index in [9.17, 15) is 0 Å². The lowest BCUT2D eigenvalue weighted by Crippen LogP contribution is -2.19. The molecule has 4 heteroatoms. The Hall–Kier alpha value is -0.350. The first-order chi connectivity index (χ1) is 6.27. The van der Waals surface area contributed by atoms with Crippen molar-refractivity contribution in [3.8, 4) is 0 Å². The SMILES string of the molecule is Cc1nc(Br)cn1C1CCOCC1. The summed E-state index contributed by atoms with van der Waals surface area (Å²) in [6.45, 7) is 3.79. The Labute approximate surface area is 86.2 Å². The van der Waals surface area contributed by atoms with Gasteiger partial charge in [0, 0.05) is 25.5 Å². The third-order valence-electron chi connectivity index (χ3n) is 2.47. The summed E-state index contributed by atoms with van der Waals surface area (Å²) in [6.07, 6.45) is 4.26. The largest absolute Gasteiger partial charge is 0.381 e. The molecular formula is C9H13BrN2O. The van der Waals surface area contributed by atoms with Gasteiger partial charge in [0.15, 0.2) is 0 Å². The first kappa shape index (κ1) is 9.21. The number of nitrogens with zero attached hydrogens (tertiary/aromatic N) is 2. The van der Waals surface area contributed by atoms with E-state index < -0.39 is 0 Å². The zero-order valence-corrected chi connectivity index (χ0v) is 9.25. The molecule has 0 aliphatic carbocycles. The van der Waals surface area contributed by atoms with Crippen LogP contribution in [0, 0.1) is 6.92 Å². The Balaban J connectivity index is 2.18. The molecule has 0 spiro atoms. The van der Waals surface area contributed by atoms with E-state index in [1.165, 1.54) is 0 Å². The molecule has 2 heterocycles. The second-order valence-electron chi connectivity index (χ2n) is 3.36. The summed E-state index contributed by atoms with van der Waals surface area (Å²) in [5.41, 5.74) is 0. The highest BCUT2D eigenvalue weighted by molar-refractivity contribution is 9.10. The van der Waals surface area contributed by atoms with Gasteiger partial charge >= 0.3 is 0 Å². The minimum Gasteiger partial charge on any atom is -0.381 e. The van der Waals surface area contributed by atoms with Crippen LogP contribution in [0.4, 0.5) is 0 Å². The Morgan fingerprint density at radius 1 is 1.54 bits per heavy atom. The van der Waals surface area contributed by atoms with Crippen LogP contribution in [0.2, 0.25) is 0 Å². The molecular weight excluding hydrogens is 232 g/mol. The highest BCUT2D eigenvalue weighted by Crippen LogP contribution is 2.23. The fraction of sp³-hybridized carbons (Fsp3) is 0.667. The molecule has 1 aliphatic rings. The molecule has 1 saturated heterocycles. The Bertz CT molecular complexity index is 292. The van der Waals surface area contributed by atoms with Crippen LogP contribution in [0.5, 0.6) is 0 Å². The number of aryl methyl sites for hydroxylation is 1.